The second kappa shape index (κ2) is 7.10. The van der Waals surface area contributed by atoms with E-state index in [0.29, 0.717) is 17.4 Å². The lowest BCUT2D eigenvalue weighted by molar-refractivity contribution is -0.173. The van der Waals surface area contributed by atoms with Crippen LogP contribution in [0.15, 0.2) is 46.9 Å². The number of rotatable bonds is 6. The predicted octanol–water partition coefficient (Wildman–Crippen LogP) is 2.22. The van der Waals surface area contributed by atoms with Crippen LogP contribution in [0.2, 0.25) is 0 Å². The maximum Gasteiger partial charge on any atom is 0.398 e. The quantitative estimate of drug-likeness (QED) is 0.755. The average molecular weight is 329 g/mol. The van der Waals surface area contributed by atoms with Crippen molar-refractivity contribution in [2.24, 2.45) is 0 Å². The number of hydroxylamine groups is 2. The minimum Gasteiger partial charge on any atom is -0.452 e. The molecule has 1 aromatic heterocycles. The SMILES string of the molecule is O=C(ON1C(=O)CCC1=O)c1ccc(COCc2ccccc2)o1. The van der Waals surface area contributed by atoms with E-state index in [1.165, 1.54) is 6.07 Å². The van der Waals surface area contributed by atoms with Crippen LogP contribution in [-0.2, 0) is 32.4 Å². The second-order valence-electron chi connectivity index (χ2n) is 5.20. The molecule has 0 bridgehead atoms. The molecule has 0 saturated carbocycles. The van der Waals surface area contributed by atoms with Gasteiger partial charge in [-0.1, -0.05) is 30.3 Å². The molecule has 2 aromatic rings. The summed E-state index contributed by atoms with van der Waals surface area (Å²) in [7, 11) is 0. The number of carbonyl (C=O) groups is 3. The van der Waals surface area contributed by atoms with E-state index in [1.54, 1.807) is 6.07 Å². The van der Waals surface area contributed by atoms with Crippen LogP contribution in [0.25, 0.3) is 0 Å². The lowest BCUT2D eigenvalue weighted by atomic mass is 10.2. The van der Waals surface area contributed by atoms with Gasteiger partial charge in [0.25, 0.3) is 11.8 Å². The van der Waals surface area contributed by atoms with Gasteiger partial charge in [-0.05, 0) is 17.7 Å². The van der Waals surface area contributed by atoms with E-state index in [1.807, 2.05) is 30.3 Å². The Kier molecular flexibility index (Phi) is 4.72. The molecule has 24 heavy (non-hydrogen) atoms. The molecule has 1 fully saturated rings. The Morgan fingerprint density at radius 3 is 2.42 bits per heavy atom. The molecule has 1 aromatic carbocycles. The zero-order valence-corrected chi connectivity index (χ0v) is 12.8. The molecule has 0 aliphatic carbocycles. The van der Waals surface area contributed by atoms with Gasteiger partial charge in [-0.15, -0.1) is 5.06 Å². The molecule has 3 rings (SSSR count). The molecule has 7 nitrogen and oxygen atoms in total. The summed E-state index contributed by atoms with van der Waals surface area (Å²) in [5.41, 5.74) is 1.02. The highest BCUT2D eigenvalue weighted by atomic mass is 16.7. The van der Waals surface area contributed by atoms with Crippen LogP contribution in [0, 0.1) is 0 Å². The van der Waals surface area contributed by atoms with E-state index >= 15 is 0 Å². The Morgan fingerprint density at radius 1 is 1.00 bits per heavy atom. The van der Waals surface area contributed by atoms with E-state index in [-0.39, 0.29) is 25.2 Å². The molecular formula is C17H15NO6. The molecule has 0 N–H and O–H groups in total. The summed E-state index contributed by atoms with van der Waals surface area (Å²) >= 11 is 0. The van der Waals surface area contributed by atoms with Crippen molar-refractivity contribution in [1.29, 1.82) is 0 Å². The normalized spacial score (nSPS) is 14.2. The van der Waals surface area contributed by atoms with Crippen molar-refractivity contribution < 1.29 is 28.4 Å². The Bertz CT molecular complexity index is 735. The molecule has 2 amide bonds. The first-order valence-electron chi connectivity index (χ1n) is 7.42. The number of ether oxygens (including phenoxy) is 1. The molecule has 0 radical (unpaired) electrons. The largest absolute Gasteiger partial charge is 0.452 e. The van der Waals surface area contributed by atoms with Crippen LogP contribution in [0.1, 0.15) is 34.7 Å². The van der Waals surface area contributed by atoms with Crippen LogP contribution >= 0.6 is 0 Å². The zero-order chi connectivity index (χ0) is 16.9. The molecule has 1 aliphatic rings. The summed E-state index contributed by atoms with van der Waals surface area (Å²) in [6.07, 6.45) is 0.0890. The topological polar surface area (TPSA) is 86.0 Å². The maximum absolute atomic E-state index is 11.9. The highest BCUT2D eigenvalue weighted by Crippen LogP contribution is 2.16. The third-order valence-electron chi connectivity index (χ3n) is 3.40. The van der Waals surface area contributed by atoms with Crippen LogP contribution in [0.3, 0.4) is 0 Å². The average Bonchev–Trinajstić information content (AvgIpc) is 3.18. The first-order chi connectivity index (χ1) is 11.6. The zero-order valence-electron chi connectivity index (χ0n) is 12.8. The highest BCUT2D eigenvalue weighted by Gasteiger charge is 2.33. The van der Waals surface area contributed by atoms with E-state index < -0.39 is 17.8 Å². The van der Waals surface area contributed by atoms with Gasteiger partial charge in [0.1, 0.15) is 12.4 Å². The summed E-state index contributed by atoms with van der Waals surface area (Å²) in [5, 5.41) is 0.483. The minimum absolute atomic E-state index is 0.0445. The van der Waals surface area contributed by atoms with Crippen LogP contribution in [0.4, 0.5) is 0 Å². The summed E-state index contributed by atoms with van der Waals surface area (Å²) in [6.45, 7) is 0.599. The van der Waals surface area contributed by atoms with Crippen molar-refractivity contribution in [2.45, 2.75) is 26.1 Å². The summed E-state index contributed by atoms with van der Waals surface area (Å²) in [6, 6.07) is 12.6. The van der Waals surface area contributed by atoms with Crippen LogP contribution in [-0.4, -0.2) is 22.8 Å². The maximum atomic E-state index is 11.9. The Hall–Kier alpha value is -2.93. The van der Waals surface area contributed by atoms with E-state index in [0.717, 1.165) is 5.56 Å². The van der Waals surface area contributed by atoms with Gasteiger partial charge in [0.15, 0.2) is 0 Å². The first-order valence-corrected chi connectivity index (χ1v) is 7.42. The lowest BCUT2D eigenvalue weighted by Gasteiger charge is -2.11. The number of amides is 2. The van der Waals surface area contributed by atoms with Crippen LogP contribution < -0.4 is 0 Å². The second-order valence-corrected chi connectivity index (χ2v) is 5.20. The standard InChI is InChI=1S/C17H15NO6/c19-15-8-9-16(20)18(15)24-17(21)14-7-6-13(23-14)11-22-10-12-4-2-1-3-5-12/h1-7H,8-11H2. The minimum atomic E-state index is -0.895. The molecule has 2 heterocycles. The molecule has 0 atom stereocenters. The fourth-order valence-electron chi connectivity index (χ4n) is 2.19. The van der Waals surface area contributed by atoms with Crippen molar-refractivity contribution in [3.8, 4) is 0 Å². The van der Waals surface area contributed by atoms with Gasteiger partial charge in [0.05, 0.1) is 6.61 Å². The number of furan rings is 1. The van der Waals surface area contributed by atoms with Gasteiger partial charge < -0.3 is 14.0 Å². The number of imide groups is 1. The Morgan fingerprint density at radius 2 is 1.71 bits per heavy atom. The highest BCUT2D eigenvalue weighted by molar-refractivity contribution is 6.02. The molecule has 1 aliphatic heterocycles. The third-order valence-corrected chi connectivity index (χ3v) is 3.40. The fourth-order valence-corrected chi connectivity index (χ4v) is 2.19. The van der Waals surface area contributed by atoms with Crippen molar-refractivity contribution in [1.82, 2.24) is 5.06 Å². The van der Waals surface area contributed by atoms with E-state index in [2.05, 4.69) is 0 Å². The fraction of sp³-hybridized carbons (Fsp3) is 0.235. The Labute approximate surface area is 137 Å². The summed E-state index contributed by atoms with van der Waals surface area (Å²) < 4.78 is 10.8. The molecule has 124 valence electrons. The number of hydrogen-bond donors (Lipinski definition) is 0. The van der Waals surface area contributed by atoms with Gasteiger partial charge in [-0.2, -0.15) is 0 Å². The number of hydrogen-bond acceptors (Lipinski definition) is 6. The van der Waals surface area contributed by atoms with Crippen molar-refractivity contribution in [2.75, 3.05) is 0 Å². The van der Waals surface area contributed by atoms with Crippen molar-refractivity contribution in [3.05, 3.63) is 59.5 Å². The van der Waals surface area contributed by atoms with Gasteiger partial charge in [-0.25, -0.2) is 4.79 Å². The van der Waals surface area contributed by atoms with E-state index in [9.17, 15) is 14.4 Å². The van der Waals surface area contributed by atoms with Crippen molar-refractivity contribution in [3.63, 3.8) is 0 Å². The summed E-state index contributed by atoms with van der Waals surface area (Å²) in [4.78, 5) is 39.5. The number of nitrogens with zero attached hydrogens (tertiary/aromatic N) is 1. The molecule has 1 saturated heterocycles. The molecule has 7 heteroatoms. The molecule has 0 unspecified atom stereocenters. The van der Waals surface area contributed by atoms with Gasteiger partial charge in [0, 0.05) is 12.8 Å². The summed E-state index contributed by atoms with van der Waals surface area (Å²) in [5.74, 6) is -1.62. The smallest absolute Gasteiger partial charge is 0.398 e. The Balaban J connectivity index is 1.52. The first kappa shape index (κ1) is 15.9. The van der Waals surface area contributed by atoms with Crippen LogP contribution in [0.5, 0.6) is 0 Å². The van der Waals surface area contributed by atoms with Crippen molar-refractivity contribution >= 4 is 17.8 Å². The van der Waals surface area contributed by atoms with Gasteiger partial charge in [0.2, 0.25) is 5.76 Å². The molecule has 0 spiro atoms. The number of benzene rings is 1. The van der Waals surface area contributed by atoms with Gasteiger partial charge in [-0.3, -0.25) is 9.59 Å². The molecular weight excluding hydrogens is 314 g/mol. The lowest BCUT2D eigenvalue weighted by Crippen LogP contribution is -2.31. The number of carbonyl (C=O) groups excluding carboxylic acids is 3. The van der Waals surface area contributed by atoms with E-state index in [4.69, 9.17) is 14.0 Å². The monoisotopic (exact) mass is 329 g/mol. The third kappa shape index (κ3) is 3.69. The predicted molar refractivity (Wildman–Crippen MR) is 80.1 cm³/mol. The van der Waals surface area contributed by atoms with Gasteiger partial charge >= 0.3 is 5.97 Å².